The van der Waals surface area contributed by atoms with Gasteiger partial charge in [-0.15, -0.1) is 0 Å². The Morgan fingerprint density at radius 2 is 1.80 bits per heavy atom. The first-order chi connectivity index (χ1) is 9.61. The summed E-state index contributed by atoms with van der Waals surface area (Å²) in [5, 5.41) is 0. The van der Waals surface area contributed by atoms with Crippen LogP contribution in [0.2, 0.25) is 0 Å². The molecule has 2 nitrogen and oxygen atoms in total. The third kappa shape index (κ3) is 3.20. The SMILES string of the molecule is CCCOc1cccc(C(=O)c2ccc(F)c(F)c2)c1. The molecule has 0 unspecified atom stereocenters. The van der Waals surface area contributed by atoms with Gasteiger partial charge in [0, 0.05) is 11.1 Å². The molecule has 0 N–H and O–H groups in total. The fraction of sp³-hybridized carbons (Fsp3) is 0.188. The lowest BCUT2D eigenvalue weighted by Gasteiger charge is -2.07. The van der Waals surface area contributed by atoms with E-state index >= 15 is 0 Å². The minimum atomic E-state index is -1.03. The Morgan fingerprint density at radius 3 is 2.50 bits per heavy atom. The predicted octanol–water partition coefficient (Wildman–Crippen LogP) is 3.98. The van der Waals surface area contributed by atoms with Crippen LogP contribution in [0.5, 0.6) is 5.75 Å². The smallest absolute Gasteiger partial charge is 0.193 e. The van der Waals surface area contributed by atoms with Crippen molar-refractivity contribution in [2.75, 3.05) is 6.61 Å². The van der Waals surface area contributed by atoms with E-state index in [0.29, 0.717) is 17.9 Å². The molecule has 0 saturated carbocycles. The summed E-state index contributed by atoms with van der Waals surface area (Å²) in [7, 11) is 0. The van der Waals surface area contributed by atoms with Gasteiger partial charge in [0.15, 0.2) is 17.4 Å². The van der Waals surface area contributed by atoms with Crippen molar-refractivity contribution in [3.8, 4) is 5.75 Å². The molecule has 0 saturated heterocycles. The molecule has 0 heterocycles. The van der Waals surface area contributed by atoms with Crippen molar-refractivity contribution in [3.63, 3.8) is 0 Å². The van der Waals surface area contributed by atoms with Crippen LogP contribution in [0.4, 0.5) is 8.78 Å². The molecule has 0 amide bonds. The van der Waals surface area contributed by atoms with Crippen molar-refractivity contribution in [1.82, 2.24) is 0 Å². The third-order valence-corrected chi connectivity index (χ3v) is 2.75. The maximum Gasteiger partial charge on any atom is 0.193 e. The Balaban J connectivity index is 2.26. The van der Waals surface area contributed by atoms with E-state index in [1.54, 1.807) is 24.3 Å². The molecule has 2 rings (SSSR count). The lowest BCUT2D eigenvalue weighted by Crippen LogP contribution is -2.03. The van der Waals surface area contributed by atoms with Crippen LogP contribution in [0.15, 0.2) is 42.5 Å². The molecule has 20 heavy (non-hydrogen) atoms. The van der Waals surface area contributed by atoms with E-state index < -0.39 is 11.6 Å². The summed E-state index contributed by atoms with van der Waals surface area (Å²) in [6, 6.07) is 9.76. The second-order valence-electron chi connectivity index (χ2n) is 4.33. The van der Waals surface area contributed by atoms with E-state index in [0.717, 1.165) is 18.6 Å². The highest BCUT2D eigenvalue weighted by Gasteiger charge is 2.12. The zero-order chi connectivity index (χ0) is 14.5. The van der Waals surface area contributed by atoms with Crippen molar-refractivity contribution in [2.45, 2.75) is 13.3 Å². The van der Waals surface area contributed by atoms with E-state index in [4.69, 9.17) is 4.74 Å². The number of carbonyl (C=O) groups excluding carboxylic acids is 1. The number of ketones is 1. The van der Waals surface area contributed by atoms with Crippen LogP contribution < -0.4 is 4.74 Å². The summed E-state index contributed by atoms with van der Waals surface area (Å²) < 4.78 is 31.4. The van der Waals surface area contributed by atoms with Crippen molar-refractivity contribution in [3.05, 3.63) is 65.2 Å². The highest BCUT2D eigenvalue weighted by molar-refractivity contribution is 6.09. The van der Waals surface area contributed by atoms with Crippen LogP contribution in [0.1, 0.15) is 29.3 Å². The van der Waals surface area contributed by atoms with Gasteiger partial charge in [-0.3, -0.25) is 4.79 Å². The molecule has 0 fully saturated rings. The normalized spacial score (nSPS) is 10.3. The van der Waals surface area contributed by atoms with E-state index in [1.165, 1.54) is 6.07 Å². The summed E-state index contributed by atoms with van der Waals surface area (Å²) in [5.41, 5.74) is 0.487. The molecule has 0 aliphatic heterocycles. The summed E-state index contributed by atoms with van der Waals surface area (Å²) in [6.07, 6.45) is 0.862. The van der Waals surface area contributed by atoms with E-state index in [9.17, 15) is 13.6 Å². The van der Waals surface area contributed by atoms with Crippen LogP contribution in [-0.4, -0.2) is 12.4 Å². The van der Waals surface area contributed by atoms with Crippen molar-refractivity contribution in [1.29, 1.82) is 0 Å². The van der Waals surface area contributed by atoms with Gasteiger partial charge in [-0.25, -0.2) is 8.78 Å². The predicted molar refractivity (Wildman–Crippen MR) is 72.0 cm³/mol. The lowest BCUT2D eigenvalue weighted by molar-refractivity contribution is 0.103. The minimum Gasteiger partial charge on any atom is -0.494 e. The fourth-order valence-electron chi connectivity index (χ4n) is 1.75. The zero-order valence-corrected chi connectivity index (χ0v) is 11.0. The molecule has 4 heteroatoms. The van der Waals surface area contributed by atoms with Crippen molar-refractivity contribution in [2.24, 2.45) is 0 Å². The zero-order valence-electron chi connectivity index (χ0n) is 11.0. The number of carbonyl (C=O) groups is 1. The first-order valence-corrected chi connectivity index (χ1v) is 6.34. The standard InChI is InChI=1S/C16H14F2O2/c1-2-8-20-13-5-3-4-11(9-13)16(19)12-6-7-14(17)15(18)10-12/h3-7,9-10H,2,8H2,1H3. The molecule has 0 atom stereocenters. The quantitative estimate of drug-likeness (QED) is 0.772. The van der Waals surface area contributed by atoms with Crippen LogP contribution in [0.3, 0.4) is 0 Å². The first-order valence-electron chi connectivity index (χ1n) is 6.34. The van der Waals surface area contributed by atoms with E-state index in [1.807, 2.05) is 6.92 Å². The number of halogens is 2. The monoisotopic (exact) mass is 276 g/mol. The maximum atomic E-state index is 13.1. The Labute approximate surface area is 116 Å². The van der Waals surface area contributed by atoms with Gasteiger partial charge in [0.1, 0.15) is 5.75 Å². The third-order valence-electron chi connectivity index (χ3n) is 2.75. The minimum absolute atomic E-state index is 0.108. The molecular formula is C16H14F2O2. The van der Waals surface area contributed by atoms with Gasteiger partial charge in [-0.05, 0) is 36.8 Å². The number of rotatable bonds is 5. The number of hydrogen-bond donors (Lipinski definition) is 0. The molecule has 0 spiro atoms. The molecule has 0 radical (unpaired) electrons. The molecule has 0 bridgehead atoms. The summed E-state index contributed by atoms with van der Waals surface area (Å²) in [5.74, 6) is -1.79. The molecule has 0 aromatic heterocycles. The number of hydrogen-bond acceptors (Lipinski definition) is 2. The fourth-order valence-corrected chi connectivity index (χ4v) is 1.75. The maximum absolute atomic E-state index is 13.1. The van der Waals surface area contributed by atoms with Crippen LogP contribution in [-0.2, 0) is 0 Å². The van der Waals surface area contributed by atoms with Gasteiger partial charge in [-0.1, -0.05) is 19.1 Å². The largest absolute Gasteiger partial charge is 0.494 e. The number of ether oxygens (including phenoxy) is 1. The average Bonchev–Trinajstić information content (AvgIpc) is 2.47. The van der Waals surface area contributed by atoms with E-state index in [-0.39, 0.29) is 11.3 Å². The average molecular weight is 276 g/mol. The molecule has 2 aromatic carbocycles. The molecular weight excluding hydrogens is 262 g/mol. The first kappa shape index (κ1) is 14.2. The van der Waals surface area contributed by atoms with Crippen LogP contribution in [0, 0.1) is 11.6 Å². The van der Waals surface area contributed by atoms with Gasteiger partial charge in [-0.2, -0.15) is 0 Å². The second-order valence-corrected chi connectivity index (χ2v) is 4.33. The Hall–Kier alpha value is -2.23. The van der Waals surface area contributed by atoms with Gasteiger partial charge in [0.05, 0.1) is 6.61 Å². The van der Waals surface area contributed by atoms with E-state index in [2.05, 4.69) is 0 Å². The summed E-state index contributed by atoms with van der Waals surface area (Å²) in [6.45, 7) is 2.54. The van der Waals surface area contributed by atoms with Gasteiger partial charge < -0.3 is 4.74 Å². The van der Waals surface area contributed by atoms with Crippen molar-refractivity contribution < 1.29 is 18.3 Å². The van der Waals surface area contributed by atoms with Gasteiger partial charge in [0.25, 0.3) is 0 Å². The van der Waals surface area contributed by atoms with Crippen LogP contribution in [0.25, 0.3) is 0 Å². The lowest BCUT2D eigenvalue weighted by atomic mass is 10.0. The Kier molecular flexibility index (Phi) is 4.45. The molecule has 0 aliphatic rings. The van der Waals surface area contributed by atoms with Crippen molar-refractivity contribution >= 4 is 5.78 Å². The Bertz CT molecular complexity index is 624. The Morgan fingerprint density at radius 1 is 1.05 bits per heavy atom. The number of benzene rings is 2. The highest BCUT2D eigenvalue weighted by Crippen LogP contribution is 2.18. The summed E-state index contributed by atoms with van der Waals surface area (Å²) >= 11 is 0. The van der Waals surface area contributed by atoms with Gasteiger partial charge in [0.2, 0.25) is 0 Å². The summed E-state index contributed by atoms with van der Waals surface area (Å²) in [4.78, 5) is 12.2. The van der Waals surface area contributed by atoms with Crippen LogP contribution >= 0.6 is 0 Å². The second kappa shape index (κ2) is 6.28. The molecule has 104 valence electrons. The topological polar surface area (TPSA) is 26.3 Å². The van der Waals surface area contributed by atoms with Gasteiger partial charge >= 0.3 is 0 Å². The molecule has 2 aromatic rings. The molecule has 0 aliphatic carbocycles. The highest BCUT2D eigenvalue weighted by atomic mass is 19.2.